The second kappa shape index (κ2) is 6.87. The number of rotatable bonds is 5. The number of hydrogen-bond acceptors (Lipinski definition) is 3. The molecule has 2 aromatic rings. The molecule has 0 aliphatic rings. The fourth-order valence-corrected chi connectivity index (χ4v) is 2.43. The minimum absolute atomic E-state index is 0.0253. The summed E-state index contributed by atoms with van der Waals surface area (Å²) in [5.41, 5.74) is 0.916. The van der Waals surface area contributed by atoms with E-state index in [1.165, 1.54) is 36.4 Å². The Morgan fingerprint density at radius 2 is 2.00 bits per heavy atom. The molecule has 0 heterocycles. The molecule has 0 aliphatic heterocycles. The van der Waals surface area contributed by atoms with Gasteiger partial charge < -0.3 is 4.74 Å². The number of halogens is 3. The van der Waals surface area contributed by atoms with Crippen LogP contribution >= 0.6 is 27.5 Å². The van der Waals surface area contributed by atoms with Crippen LogP contribution in [0.5, 0.6) is 5.75 Å². The summed E-state index contributed by atoms with van der Waals surface area (Å²) in [7, 11) is 0. The first-order valence-corrected chi connectivity index (χ1v) is 7.41. The van der Waals surface area contributed by atoms with Crippen molar-refractivity contribution < 1.29 is 14.1 Å². The maximum absolute atomic E-state index is 13.1. The maximum atomic E-state index is 13.1. The Labute approximate surface area is 133 Å². The van der Waals surface area contributed by atoms with Crippen molar-refractivity contribution in [3.05, 3.63) is 68.5 Å². The summed E-state index contributed by atoms with van der Waals surface area (Å²) >= 11 is 9.09. The van der Waals surface area contributed by atoms with Crippen molar-refractivity contribution in [3.63, 3.8) is 0 Å². The monoisotopic (exact) mass is 373 g/mol. The molecule has 21 heavy (non-hydrogen) atoms. The molecule has 0 aliphatic carbocycles. The van der Waals surface area contributed by atoms with Crippen molar-refractivity contribution in [2.24, 2.45) is 0 Å². The zero-order valence-corrected chi connectivity index (χ0v) is 13.0. The molecule has 0 bridgehead atoms. The van der Waals surface area contributed by atoms with E-state index in [0.717, 1.165) is 0 Å². The van der Waals surface area contributed by atoms with Gasteiger partial charge in [-0.2, -0.15) is 0 Å². The highest BCUT2D eigenvalue weighted by molar-refractivity contribution is 9.08. The summed E-state index contributed by atoms with van der Waals surface area (Å²) in [4.78, 5) is 10.5. The Morgan fingerprint density at radius 1 is 1.24 bits per heavy atom. The molecule has 110 valence electrons. The van der Waals surface area contributed by atoms with Gasteiger partial charge in [0.1, 0.15) is 18.2 Å². The summed E-state index contributed by atoms with van der Waals surface area (Å²) in [6.45, 7) is -0.0253. The van der Waals surface area contributed by atoms with Crippen LogP contribution in [0.2, 0.25) is 5.02 Å². The molecule has 0 amide bonds. The first-order chi connectivity index (χ1) is 10.0. The van der Waals surface area contributed by atoms with E-state index in [2.05, 4.69) is 15.9 Å². The third-order valence-corrected chi connectivity index (χ3v) is 3.63. The van der Waals surface area contributed by atoms with Crippen LogP contribution in [-0.4, -0.2) is 4.92 Å². The third kappa shape index (κ3) is 3.92. The van der Waals surface area contributed by atoms with Crippen LogP contribution in [0.4, 0.5) is 10.1 Å². The van der Waals surface area contributed by atoms with Gasteiger partial charge in [0.05, 0.1) is 10.5 Å². The van der Waals surface area contributed by atoms with Gasteiger partial charge in [-0.1, -0.05) is 27.5 Å². The van der Waals surface area contributed by atoms with Crippen LogP contribution in [-0.2, 0) is 11.9 Å². The van der Waals surface area contributed by atoms with E-state index in [9.17, 15) is 14.5 Å². The van der Waals surface area contributed by atoms with Gasteiger partial charge in [0.25, 0.3) is 5.69 Å². The van der Waals surface area contributed by atoms with Crippen LogP contribution in [0.3, 0.4) is 0 Å². The molecule has 4 nitrogen and oxygen atoms in total. The Bertz CT molecular complexity index is 681. The van der Waals surface area contributed by atoms with E-state index in [-0.39, 0.29) is 18.1 Å². The molecular weight excluding hydrogens is 365 g/mol. The van der Waals surface area contributed by atoms with Crippen LogP contribution in [0.15, 0.2) is 36.4 Å². The lowest BCUT2D eigenvalue weighted by atomic mass is 10.2. The van der Waals surface area contributed by atoms with Gasteiger partial charge in [-0.3, -0.25) is 10.1 Å². The van der Waals surface area contributed by atoms with Crippen LogP contribution in [0.25, 0.3) is 0 Å². The zero-order valence-electron chi connectivity index (χ0n) is 10.7. The van der Waals surface area contributed by atoms with Gasteiger partial charge in [0.15, 0.2) is 0 Å². The minimum Gasteiger partial charge on any atom is -0.488 e. The van der Waals surface area contributed by atoms with Crippen LogP contribution in [0.1, 0.15) is 11.1 Å². The summed E-state index contributed by atoms with van der Waals surface area (Å²) in [6.07, 6.45) is 0. The number of nitrogens with zero attached hydrogens (tertiary/aromatic N) is 1. The third-order valence-electron chi connectivity index (χ3n) is 2.79. The van der Waals surface area contributed by atoms with Gasteiger partial charge in [-0.25, -0.2) is 4.39 Å². The van der Waals surface area contributed by atoms with E-state index in [0.29, 0.717) is 27.2 Å². The fourth-order valence-electron chi connectivity index (χ4n) is 1.80. The standard InChI is InChI=1S/C14H10BrClFNO3/c15-7-9-6-12(17)2-4-14(9)21-8-10-5-11(16)1-3-13(10)18(19)20/h1-6H,7-8H2. The molecule has 0 radical (unpaired) electrons. The molecule has 0 fully saturated rings. The van der Waals surface area contributed by atoms with E-state index in [1.54, 1.807) is 0 Å². The lowest BCUT2D eigenvalue weighted by molar-refractivity contribution is -0.385. The number of nitro groups is 1. The van der Waals surface area contributed by atoms with Crippen molar-refractivity contribution in [2.45, 2.75) is 11.9 Å². The molecule has 0 aromatic heterocycles. The van der Waals surface area contributed by atoms with Crippen molar-refractivity contribution >= 4 is 33.2 Å². The lowest BCUT2D eigenvalue weighted by Crippen LogP contribution is -2.02. The molecule has 7 heteroatoms. The average Bonchev–Trinajstić information content (AvgIpc) is 2.45. The van der Waals surface area contributed by atoms with Crippen molar-refractivity contribution in [1.82, 2.24) is 0 Å². The number of nitro benzene ring substituents is 1. The van der Waals surface area contributed by atoms with Gasteiger partial charge in [-0.15, -0.1) is 0 Å². The summed E-state index contributed by atoms with van der Waals surface area (Å²) < 4.78 is 18.7. The zero-order chi connectivity index (χ0) is 15.4. The second-order valence-electron chi connectivity index (χ2n) is 4.20. The molecule has 0 saturated heterocycles. The van der Waals surface area contributed by atoms with Gasteiger partial charge in [0, 0.05) is 22.0 Å². The fraction of sp³-hybridized carbons (Fsp3) is 0.143. The number of hydrogen-bond donors (Lipinski definition) is 0. The van der Waals surface area contributed by atoms with Crippen LogP contribution in [0, 0.1) is 15.9 Å². The predicted octanol–water partition coefficient (Wildman–Crippen LogP) is 4.86. The molecule has 2 aromatic carbocycles. The normalized spacial score (nSPS) is 10.4. The Kier molecular flexibility index (Phi) is 5.14. The molecular formula is C14H10BrClFNO3. The maximum Gasteiger partial charge on any atom is 0.276 e. The first-order valence-electron chi connectivity index (χ1n) is 5.91. The summed E-state index contributed by atoms with van der Waals surface area (Å²) in [5, 5.41) is 11.8. The molecule has 0 saturated carbocycles. The van der Waals surface area contributed by atoms with Crippen molar-refractivity contribution in [3.8, 4) is 5.75 Å². The smallest absolute Gasteiger partial charge is 0.276 e. The number of benzene rings is 2. The molecule has 0 N–H and O–H groups in total. The lowest BCUT2D eigenvalue weighted by Gasteiger charge is -2.10. The van der Waals surface area contributed by atoms with Gasteiger partial charge in [-0.05, 0) is 30.3 Å². The van der Waals surface area contributed by atoms with Gasteiger partial charge in [0.2, 0.25) is 0 Å². The average molecular weight is 375 g/mol. The Morgan fingerprint density at radius 3 is 2.67 bits per heavy atom. The first kappa shape index (κ1) is 15.7. The SMILES string of the molecule is O=[N+]([O-])c1ccc(Cl)cc1COc1ccc(F)cc1CBr. The van der Waals surface area contributed by atoms with E-state index in [1.807, 2.05) is 0 Å². The van der Waals surface area contributed by atoms with E-state index >= 15 is 0 Å². The molecule has 0 spiro atoms. The van der Waals surface area contributed by atoms with E-state index < -0.39 is 4.92 Å². The minimum atomic E-state index is -0.495. The van der Waals surface area contributed by atoms with Crippen molar-refractivity contribution in [1.29, 1.82) is 0 Å². The Hall–Kier alpha value is -1.66. The van der Waals surface area contributed by atoms with Crippen molar-refractivity contribution in [2.75, 3.05) is 0 Å². The highest BCUT2D eigenvalue weighted by Crippen LogP contribution is 2.27. The molecule has 0 atom stereocenters. The topological polar surface area (TPSA) is 52.4 Å². The Balaban J connectivity index is 2.24. The van der Waals surface area contributed by atoms with Crippen LogP contribution < -0.4 is 4.74 Å². The molecule has 0 unspecified atom stereocenters. The summed E-state index contributed by atoms with van der Waals surface area (Å²) in [6, 6.07) is 8.37. The summed E-state index contributed by atoms with van der Waals surface area (Å²) in [5.74, 6) is 0.0908. The highest BCUT2D eigenvalue weighted by Gasteiger charge is 2.15. The second-order valence-corrected chi connectivity index (χ2v) is 5.20. The predicted molar refractivity (Wildman–Crippen MR) is 81.5 cm³/mol. The quantitative estimate of drug-likeness (QED) is 0.426. The van der Waals surface area contributed by atoms with E-state index in [4.69, 9.17) is 16.3 Å². The number of alkyl halides is 1. The van der Waals surface area contributed by atoms with Gasteiger partial charge >= 0.3 is 0 Å². The largest absolute Gasteiger partial charge is 0.488 e. The molecule has 2 rings (SSSR count). The number of ether oxygens (including phenoxy) is 1. The highest BCUT2D eigenvalue weighted by atomic mass is 79.9.